The molecule has 4 rings (SSSR count). The summed E-state index contributed by atoms with van der Waals surface area (Å²) in [7, 11) is 4.66. The molecule has 0 radical (unpaired) electrons. The van der Waals surface area contributed by atoms with Gasteiger partial charge in [0.05, 0.1) is 25.9 Å². The van der Waals surface area contributed by atoms with E-state index in [9.17, 15) is 4.79 Å². The maximum absolute atomic E-state index is 13.1. The summed E-state index contributed by atoms with van der Waals surface area (Å²) in [6, 6.07) is 11.4. The number of thiazole rings is 1. The van der Waals surface area contributed by atoms with Crippen LogP contribution < -0.4 is 24.3 Å². The molecular formula is C21H19N3O4S. The minimum atomic E-state index is -0.167. The van der Waals surface area contributed by atoms with Crippen LogP contribution in [0.3, 0.4) is 0 Å². The maximum Gasteiger partial charge on any atom is 0.276 e. The average molecular weight is 409 g/mol. The van der Waals surface area contributed by atoms with E-state index in [4.69, 9.17) is 14.2 Å². The molecule has 0 bridgehead atoms. The number of ether oxygens (including phenoxy) is 3. The minimum absolute atomic E-state index is 0.167. The van der Waals surface area contributed by atoms with Crippen LogP contribution >= 0.6 is 11.3 Å². The lowest BCUT2D eigenvalue weighted by Gasteiger charge is -2.12. The van der Waals surface area contributed by atoms with Crippen LogP contribution in [-0.4, -0.2) is 35.9 Å². The van der Waals surface area contributed by atoms with E-state index in [2.05, 4.69) is 10.2 Å². The fraction of sp³-hybridized carbons (Fsp3) is 0.190. The first kappa shape index (κ1) is 18.9. The molecule has 0 fully saturated rings. The number of aryl methyl sites for hydroxylation is 1. The average Bonchev–Trinajstić information content (AvgIpc) is 3.28. The lowest BCUT2D eigenvalue weighted by Crippen LogP contribution is -2.23. The Bertz CT molecular complexity index is 1270. The topological polar surface area (TPSA) is 75.0 Å². The molecule has 0 aliphatic heterocycles. The first-order chi connectivity index (χ1) is 14.0. The summed E-state index contributed by atoms with van der Waals surface area (Å²) in [6.45, 7) is 2.01. The van der Waals surface area contributed by atoms with E-state index in [0.29, 0.717) is 32.6 Å². The van der Waals surface area contributed by atoms with Crippen molar-refractivity contribution in [1.29, 1.82) is 0 Å². The zero-order valence-corrected chi connectivity index (χ0v) is 17.2. The molecule has 148 valence electrons. The minimum Gasteiger partial charge on any atom is -0.493 e. The number of methoxy groups -OCH3 is 3. The Morgan fingerprint density at radius 3 is 2.21 bits per heavy atom. The molecule has 0 amide bonds. The second kappa shape index (κ2) is 7.56. The van der Waals surface area contributed by atoms with Gasteiger partial charge < -0.3 is 14.2 Å². The van der Waals surface area contributed by atoms with Crippen molar-refractivity contribution in [3.8, 4) is 28.6 Å². The van der Waals surface area contributed by atoms with E-state index in [1.54, 1.807) is 43.9 Å². The summed E-state index contributed by atoms with van der Waals surface area (Å²) in [6.07, 6.45) is 1.78. The molecule has 4 aromatic rings. The second-order valence-electron chi connectivity index (χ2n) is 6.38. The maximum atomic E-state index is 13.1. The third kappa shape index (κ3) is 3.31. The molecule has 29 heavy (non-hydrogen) atoms. The Labute approximate surface area is 170 Å². The molecule has 2 aromatic carbocycles. The summed E-state index contributed by atoms with van der Waals surface area (Å²) >= 11 is 1.28. The van der Waals surface area contributed by atoms with Gasteiger partial charge in [-0.05, 0) is 30.7 Å². The van der Waals surface area contributed by atoms with E-state index in [0.717, 1.165) is 16.7 Å². The molecule has 2 aromatic heterocycles. The molecule has 2 heterocycles. The Morgan fingerprint density at radius 1 is 0.966 bits per heavy atom. The van der Waals surface area contributed by atoms with E-state index in [1.165, 1.54) is 11.3 Å². The van der Waals surface area contributed by atoms with Crippen LogP contribution in [0.5, 0.6) is 17.2 Å². The first-order valence-corrected chi connectivity index (χ1v) is 9.64. The molecule has 0 saturated carbocycles. The quantitative estimate of drug-likeness (QED) is 0.505. The predicted octanol–water partition coefficient (Wildman–Crippen LogP) is 2.70. The van der Waals surface area contributed by atoms with Gasteiger partial charge in [-0.25, -0.2) is 4.40 Å². The van der Waals surface area contributed by atoms with Gasteiger partial charge in [-0.1, -0.05) is 41.2 Å². The summed E-state index contributed by atoms with van der Waals surface area (Å²) in [5.41, 5.74) is 2.57. The highest BCUT2D eigenvalue weighted by Crippen LogP contribution is 2.38. The fourth-order valence-corrected chi connectivity index (χ4v) is 4.00. The van der Waals surface area contributed by atoms with Crippen LogP contribution in [-0.2, 0) is 0 Å². The molecule has 0 unspecified atom stereocenters. The monoisotopic (exact) mass is 409 g/mol. The van der Waals surface area contributed by atoms with Crippen molar-refractivity contribution >= 4 is 22.4 Å². The van der Waals surface area contributed by atoms with Crippen molar-refractivity contribution in [2.45, 2.75) is 6.92 Å². The molecule has 7 nitrogen and oxygen atoms in total. The largest absolute Gasteiger partial charge is 0.493 e. The van der Waals surface area contributed by atoms with E-state index in [-0.39, 0.29) is 5.56 Å². The Hall–Kier alpha value is -3.39. The number of hydrogen-bond donors (Lipinski definition) is 0. The molecule has 0 saturated heterocycles. The molecule has 0 N–H and O–H groups in total. The Balaban J connectivity index is 1.87. The normalized spacial score (nSPS) is 11.8. The van der Waals surface area contributed by atoms with Gasteiger partial charge in [0.2, 0.25) is 10.7 Å². The molecule has 0 atom stereocenters. The van der Waals surface area contributed by atoms with E-state index in [1.807, 2.05) is 31.2 Å². The number of rotatable bonds is 5. The lowest BCUT2D eigenvalue weighted by atomic mass is 10.1. The fourth-order valence-electron chi connectivity index (χ4n) is 3.09. The number of benzene rings is 2. The highest BCUT2D eigenvalue weighted by atomic mass is 32.1. The highest BCUT2D eigenvalue weighted by Gasteiger charge is 2.15. The van der Waals surface area contributed by atoms with Crippen molar-refractivity contribution in [1.82, 2.24) is 14.6 Å². The predicted molar refractivity (Wildman–Crippen MR) is 112 cm³/mol. The van der Waals surface area contributed by atoms with Gasteiger partial charge in [-0.3, -0.25) is 4.79 Å². The molecule has 0 spiro atoms. The van der Waals surface area contributed by atoms with Gasteiger partial charge in [0, 0.05) is 5.56 Å². The molecule has 0 aliphatic rings. The van der Waals surface area contributed by atoms with Crippen molar-refractivity contribution < 1.29 is 14.2 Å². The third-order valence-electron chi connectivity index (χ3n) is 4.54. The van der Waals surface area contributed by atoms with Gasteiger partial charge in [-0.15, -0.1) is 10.2 Å². The molecule has 0 aliphatic carbocycles. The number of fused-ring (bicyclic) bond motifs is 1. The van der Waals surface area contributed by atoms with Crippen LogP contribution in [0, 0.1) is 6.92 Å². The smallest absolute Gasteiger partial charge is 0.276 e. The first-order valence-electron chi connectivity index (χ1n) is 8.82. The highest BCUT2D eigenvalue weighted by molar-refractivity contribution is 7.15. The number of aromatic nitrogens is 3. The lowest BCUT2D eigenvalue weighted by molar-refractivity contribution is 0.324. The third-order valence-corrected chi connectivity index (χ3v) is 5.50. The Morgan fingerprint density at radius 2 is 1.62 bits per heavy atom. The van der Waals surface area contributed by atoms with Crippen molar-refractivity contribution in [2.75, 3.05) is 21.3 Å². The van der Waals surface area contributed by atoms with Gasteiger partial charge in [0.15, 0.2) is 17.3 Å². The zero-order valence-electron chi connectivity index (χ0n) is 16.4. The van der Waals surface area contributed by atoms with Crippen LogP contribution in [0.4, 0.5) is 0 Å². The van der Waals surface area contributed by atoms with Crippen molar-refractivity contribution in [3.05, 3.63) is 62.4 Å². The van der Waals surface area contributed by atoms with E-state index < -0.39 is 0 Å². The van der Waals surface area contributed by atoms with Crippen molar-refractivity contribution in [3.63, 3.8) is 0 Å². The second-order valence-corrected chi connectivity index (χ2v) is 7.39. The van der Waals surface area contributed by atoms with Crippen LogP contribution in [0.1, 0.15) is 11.1 Å². The SMILES string of the molecule is COc1cc(/C=c2\sc3nnc(-c4ccc(C)cc4)n3c2=O)cc(OC)c1OC. The van der Waals surface area contributed by atoms with Gasteiger partial charge in [-0.2, -0.15) is 0 Å². The van der Waals surface area contributed by atoms with Gasteiger partial charge in [0.25, 0.3) is 5.56 Å². The summed E-state index contributed by atoms with van der Waals surface area (Å²) in [4.78, 5) is 13.6. The van der Waals surface area contributed by atoms with Crippen LogP contribution in [0.15, 0.2) is 41.2 Å². The number of nitrogens with zero attached hydrogens (tertiary/aromatic N) is 3. The van der Waals surface area contributed by atoms with Gasteiger partial charge >= 0.3 is 0 Å². The molecule has 8 heteroatoms. The summed E-state index contributed by atoms with van der Waals surface area (Å²) < 4.78 is 18.2. The van der Waals surface area contributed by atoms with E-state index >= 15 is 0 Å². The summed E-state index contributed by atoms with van der Waals surface area (Å²) in [5.74, 6) is 2.08. The van der Waals surface area contributed by atoms with Gasteiger partial charge in [0.1, 0.15) is 0 Å². The van der Waals surface area contributed by atoms with Crippen LogP contribution in [0.2, 0.25) is 0 Å². The standard InChI is InChI=1S/C21H19N3O4S/c1-12-5-7-14(8-6-12)19-22-23-21-24(19)20(25)17(29-21)11-13-9-15(26-2)18(28-4)16(10-13)27-3/h5-11H,1-4H3/b17-11-. The summed E-state index contributed by atoms with van der Waals surface area (Å²) in [5, 5.41) is 8.37. The Kier molecular flexibility index (Phi) is 4.94. The number of hydrogen-bond acceptors (Lipinski definition) is 7. The van der Waals surface area contributed by atoms with Crippen LogP contribution in [0.25, 0.3) is 22.4 Å². The van der Waals surface area contributed by atoms with Crippen molar-refractivity contribution in [2.24, 2.45) is 0 Å². The molecular weight excluding hydrogens is 390 g/mol. The zero-order chi connectivity index (χ0) is 20.5.